The van der Waals surface area contributed by atoms with Gasteiger partial charge in [0.05, 0.1) is 18.1 Å². The number of thiol groups is 1. The van der Waals surface area contributed by atoms with E-state index in [2.05, 4.69) is 53.7 Å². The molecular weight excluding hydrogens is 238 g/mol. The molecule has 4 nitrogen and oxygen atoms in total. The van der Waals surface area contributed by atoms with E-state index >= 15 is 0 Å². The van der Waals surface area contributed by atoms with E-state index in [1.807, 2.05) is 0 Å². The summed E-state index contributed by atoms with van der Waals surface area (Å²) in [6.45, 7) is 9.81. The van der Waals surface area contributed by atoms with Crippen molar-refractivity contribution in [2.45, 2.75) is 26.6 Å². The van der Waals surface area contributed by atoms with Crippen molar-refractivity contribution in [3.05, 3.63) is 18.2 Å². The van der Waals surface area contributed by atoms with Crippen molar-refractivity contribution in [3.63, 3.8) is 0 Å². The van der Waals surface area contributed by atoms with Gasteiger partial charge in [-0.25, -0.2) is 9.97 Å². The molecule has 0 atom stereocenters. The summed E-state index contributed by atoms with van der Waals surface area (Å²) in [4.78, 5) is 18.9. The smallest absolute Gasteiger partial charge is 0.253 e. The van der Waals surface area contributed by atoms with Crippen molar-refractivity contribution in [1.29, 1.82) is 0 Å². The van der Waals surface area contributed by atoms with Gasteiger partial charge in [-0.3, -0.25) is 4.79 Å². The second-order valence-electron chi connectivity index (χ2n) is 4.49. The minimum atomic E-state index is -1.42. The lowest BCUT2D eigenvalue weighted by atomic mass is 10.5. The van der Waals surface area contributed by atoms with Crippen molar-refractivity contribution in [2.24, 2.45) is 0 Å². The molecule has 1 aromatic heterocycles. The Kier molecular flexibility index (Phi) is 4.09. The molecule has 0 spiro atoms. The summed E-state index contributed by atoms with van der Waals surface area (Å²) in [7, 11) is -1.42. The summed E-state index contributed by atoms with van der Waals surface area (Å²) in [5.74, 6) is 0.152. The highest BCUT2D eigenvalue weighted by atomic mass is 32.1. The second kappa shape index (κ2) is 4.97. The average Bonchev–Trinajstić information content (AvgIpc) is 2.17. The first-order valence-electron chi connectivity index (χ1n) is 5.19. The number of hydrogen-bond donors (Lipinski definition) is 1. The van der Waals surface area contributed by atoms with Crippen molar-refractivity contribution in [3.8, 4) is 0 Å². The van der Waals surface area contributed by atoms with Crippen molar-refractivity contribution >= 4 is 31.7 Å². The van der Waals surface area contributed by atoms with Crippen molar-refractivity contribution in [1.82, 2.24) is 9.97 Å². The molecule has 0 saturated heterocycles. The van der Waals surface area contributed by atoms with Crippen LogP contribution in [0.2, 0.25) is 19.6 Å². The van der Waals surface area contributed by atoms with Crippen LogP contribution in [0.25, 0.3) is 0 Å². The van der Waals surface area contributed by atoms with E-state index < -0.39 is 13.4 Å². The molecule has 0 aliphatic carbocycles. The van der Waals surface area contributed by atoms with Gasteiger partial charge >= 0.3 is 0 Å². The number of nitrogens with zero attached hydrogens (tertiary/aromatic N) is 3. The molecule has 0 amide bonds. The number of anilines is 1. The van der Waals surface area contributed by atoms with E-state index in [1.54, 1.807) is 12.4 Å². The lowest BCUT2D eigenvalue weighted by Crippen LogP contribution is -2.46. The maximum absolute atomic E-state index is 10.9. The Morgan fingerprint density at radius 2 is 1.88 bits per heavy atom. The van der Waals surface area contributed by atoms with Crippen LogP contribution >= 0.6 is 12.6 Å². The van der Waals surface area contributed by atoms with E-state index in [9.17, 15) is 4.79 Å². The standard InChI is InChI=1S/C10H17N3OSSi/c1-5-13(16(2,3)4)8-6-11-9(10(14)15)12-7-8/h6-7H,5H2,1-4H3,(H,14,15). The Hall–Kier alpha value is -0.883. The molecule has 0 aliphatic rings. The quantitative estimate of drug-likeness (QED) is 0.662. The lowest BCUT2D eigenvalue weighted by Gasteiger charge is -2.34. The highest BCUT2D eigenvalue weighted by Crippen LogP contribution is 2.19. The highest BCUT2D eigenvalue weighted by Gasteiger charge is 2.23. The molecule has 16 heavy (non-hydrogen) atoms. The molecule has 0 radical (unpaired) electrons. The first kappa shape index (κ1) is 13.2. The minimum Gasteiger partial charge on any atom is -0.396 e. The van der Waals surface area contributed by atoms with Gasteiger partial charge in [-0.1, -0.05) is 32.3 Å². The molecule has 1 heterocycles. The molecule has 0 aromatic carbocycles. The van der Waals surface area contributed by atoms with Crippen LogP contribution in [-0.2, 0) is 0 Å². The third-order valence-corrected chi connectivity index (χ3v) is 4.66. The summed E-state index contributed by atoms with van der Waals surface area (Å²) in [5, 5.41) is -0.400. The van der Waals surface area contributed by atoms with Crippen molar-refractivity contribution in [2.75, 3.05) is 11.1 Å². The van der Waals surface area contributed by atoms with Crippen LogP contribution < -0.4 is 4.57 Å². The zero-order valence-electron chi connectivity index (χ0n) is 10.1. The topological polar surface area (TPSA) is 46.1 Å². The van der Waals surface area contributed by atoms with Gasteiger partial charge in [0.15, 0.2) is 0 Å². The van der Waals surface area contributed by atoms with Gasteiger partial charge in [0, 0.05) is 6.54 Å². The third kappa shape index (κ3) is 3.05. The van der Waals surface area contributed by atoms with Crippen LogP contribution in [0.5, 0.6) is 0 Å². The molecule has 0 bridgehead atoms. The Morgan fingerprint density at radius 3 is 2.19 bits per heavy atom. The van der Waals surface area contributed by atoms with Gasteiger partial charge in [-0.05, 0) is 6.92 Å². The molecule has 0 fully saturated rings. The van der Waals surface area contributed by atoms with Crippen LogP contribution in [0.1, 0.15) is 17.5 Å². The van der Waals surface area contributed by atoms with Crippen LogP contribution in [-0.4, -0.2) is 29.9 Å². The van der Waals surface area contributed by atoms with E-state index in [1.165, 1.54) is 0 Å². The van der Waals surface area contributed by atoms with E-state index in [-0.39, 0.29) is 5.82 Å². The van der Waals surface area contributed by atoms with Crippen LogP contribution in [0.15, 0.2) is 12.4 Å². The molecule has 0 aliphatic heterocycles. The van der Waals surface area contributed by atoms with Gasteiger partial charge in [-0.15, -0.1) is 0 Å². The summed E-state index contributed by atoms with van der Waals surface area (Å²) in [6.07, 6.45) is 3.39. The van der Waals surface area contributed by atoms with Gasteiger partial charge in [0.25, 0.3) is 5.12 Å². The molecule has 0 unspecified atom stereocenters. The molecule has 6 heteroatoms. The number of hydrogen-bond acceptors (Lipinski definition) is 4. The van der Waals surface area contributed by atoms with E-state index in [4.69, 9.17) is 0 Å². The SMILES string of the molecule is CCN(c1cnc(C(=O)S)nc1)[Si](C)(C)C. The summed E-state index contributed by atoms with van der Waals surface area (Å²) >= 11 is 3.68. The third-order valence-electron chi connectivity index (χ3n) is 2.27. The first-order chi connectivity index (χ1) is 7.36. The Bertz CT molecular complexity index is 375. The maximum Gasteiger partial charge on any atom is 0.253 e. The zero-order valence-corrected chi connectivity index (χ0v) is 12.0. The van der Waals surface area contributed by atoms with Crippen LogP contribution in [0, 0.1) is 0 Å². The molecule has 0 N–H and O–H groups in total. The monoisotopic (exact) mass is 255 g/mol. The average molecular weight is 255 g/mol. The largest absolute Gasteiger partial charge is 0.396 e. The molecule has 1 rings (SSSR count). The summed E-state index contributed by atoms with van der Waals surface area (Å²) in [5.41, 5.74) is 0.972. The lowest BCUT2D eigenvalue weighted by molar-refractivity contribution is 0.108. The fraction of sp³-hybridized carbons (Fsp3) is 0.500. The van der Waals surface area contributed by atoms with Gasteiger partial charge in [0.1, 0.15) is 8.24 Å². The predicted molar refractivity (Wildman–Crippen MR) is 71.7 cm³/mol. The zero-order chi connectivity index (χ0) is 12.3. The molecule has 0 saturated carbocycles. The Morgan fingerprint density at radius 1 is 1.38 bits per heavy atom. The number of rotatable bonds is 4. The Balaban J connectivity index is 3.00. The fourth-order valence-electron chi connectivity index (χ4n) is 1.62. The van der Waals surface area contributed by atoms with Gasteiger partial charge in [0.2, 0.25) is 5.82 Å². The predicted octanol–water partition coefficient (Wildman–Crippen LogP) is 2.21. The molecule has 1 aromatic rings. The maximum atomic E-state index is 10.9. The van der Waals surface area contributed by atoms with Crippen LogP contribution in [0.4, 0.5) is 5.69 Å². The Labute approximate surface area is 103 Å². The number of carbonyl (C=O) groups is 1. The van der Waals surface area contributed by atoms with Crippen LogP contribution in [0.3, 0.4) is 0 Å². The highest BCUT2D eigenvalue weighted by molar-refractivity contribution is 7.97. The van der Waals surface area contributed by atoms with E-state index in [0.29, 0.717) is 0 Å². The summed E-state index contributed by atoms with van der Waals surface area (Å²) in [6, 6.07) is 0. The first-order valence-corrected chi connectivity index (χ1v) is 9.08. The van der Waals surface area contributed by atoms with Crippen molar-refractivity contribution < 1.29 is 4.79 Å². The normalized spacial score (nSPS) is 11.3. The molecular formula is C10H17N3OSSi. The summed E-state index contributed by atoms with van der Waals surface area (Å²) < 4.78 is 2.31. The van der Waals surface area contributed by atoms with E-state index in [0.717, 1.165) is 12.2 Å². The molecule has 88 valence electrons. The second-order valence-corrected chi connectivity index (χ2v) is 9.77. The van der Waals surface area contributed by atoms with Gasteiger partial charge < -0.3 is 4.57 Å². The number of aromatic nitrogens is 2. The number of carbonyl (C=O) groups excluding carboxylic acids is 1. The minimum absolute atomic E-state index is 0.152. The fourth-order valence-corrected chi connectivity index (χ4v) is 3.57. The van der Waals surface area contributed by atoms with Gasteiger partial charge in [-0.2, -0.15) is 0 Å².